The van der Waals surface area contributed by atoms with Crippen LogP contribution in [-0.2, 0) is 9.59 Å². The van der Waals surface area contributed by atoms with Gasteiger partial charge in [-0.2, -0.15) is 0 Å². The van der Waals surface area contributed by atoms with Crippen molar-refractivity contribution in [2.24, 2.45) is 11.8 Å². The number of nitrogens with zero attached hydrogens (tertiary/aromatic N) is 2. The molecule has 25 heavy (non-hydrogen) atoms. The van der Waals surface area contributed by atoms with Crippen LogP contribution < -0.4 is 15.0 Å². The first-order valence-electron chi connectivity index (χ1n) is 9.14. The summed E-state index contributed by atoms with van der Waals surface area (Å²) in [4.78, 5) is 28.9. The van der Waals surface area contributed by atoms with Crippen molar-refractivity contribution in [3.05, 3.63) is 24.3 Å². The van der Waals surface area contributed by atoms with Crippen molar-refractivity contribution in [2.75, 3.05) is 38.2 Å². The predicted molar refractivity (Wildman–Crippen MR) is 94.5 cm³/mol. The molecule has 1 heterocycles. The fraction of sp³-hybridized carbons (Fsp3) is 0.579. The first-order chi connectivity index (χ1) is 12.2. The van der Waals surface area contributed by atoms with Gasteiger partial charge in [0.1, 0.15) is 5.75 Å². The second-order valence-corrected chi connectivity index (χ2v) is 7.22. The second-order valence-electron chi connectivity index (χ2n) is 7.22. The van der Waals surface area contributed by atoms with Crippen molar-refractivity contribution < 1.29 is 14.3 Å². The third kappa shape index (κ3) is 3.43. The molecule has 2 amide bonds. The van der Waals surface area contributed by atoms with E-state index in [1.165, 1.54) is 0 Å². The number of hydrogen-bond acceptors (Lipinski definition) is 4. The number of nitrogens with one attached hydrogen (secondary N) is 1. The predicted octanol–water partition coefficient (Wildman–Crippen LogP) is 1.26. The zero-order chi connectivity index (χ0) is 17.4. The molecule has 3 fully saturated rings. The molecule has 1 N–H and O–H groups in total. The number of piperazine rings is 1. The minimum Gasteiger partial charge on any atom is -0.495 e. The molecular weight excluding hydrogens is 318 g/mol. The highest BCUT2D eigenvalue weighted by Gasteiger charge is 2.50. The van der Waals surface area contributed by atoms with Gasteiger partial charge in [-0.3, -0.25) is 9.59 Å². The highest BCUT2D eigenvalue weighted by molar-refractivity contribution is 5.92. The van der Waals surface area contributed by atoms with E-state index in [9.17, 15) is 9.59 Å². The van der Waals surface area contributed by atoms with Crippen molar-refractivity contribution in [1.82, 2.24) is 10.2 Å². The van der Waals surface area contributed by atoms with E-state index in [0.717, 1.165) is 37.4 Å². The quantitative estimate of drug-likeness (QED) is 0.874. The Morgan fingerprint density at radius 3 is 2.48 bits per heavy atom. The van der Waals surface area contributed by atoms with Crippen molar-refractivity contribution in [3.63, 3.8) is 0 Å². The Kier molecular flexibility index (Phi) is 4.27. The molecule has 2 atom stereocenters. The zero-order valence-corrected chi connectivity index (χ0v) is 14.6. The molecular formula is C19H25N3O3. The average molecular weight is 343 g/mol. The van der Waals surface area contributed by atoms with Crippen LogP contribution in [0.25, 0.3) is 0 Å². The van der Waals surface area contributed by atoms with Gasteiger partial charge in [0.2, 0.25) is 11.8 Å². The van der Waals surface area contributed by atoms with Crippen molar-refractivity contribution in [1.29, 1.82) is 0 Å². The van der Waals surface area contributed by atoms with Gasteiger partial charge in [-0.25, -0.2) is 0 Å². The summed E-state index contributed by atoms with van der Waals surface area (Å²) >= 11 is 0. The minimum atomic E-state index is -0.100. The molecule has 2 saturated carbocycles. The molecule has 1 aromatic rings. The lowest BCUT2D eigenvalue weighted by Gasteiger charge is -2.36. The molecule has 0 aromatic heterocycles. The second kappa shape index (κ2) is 6.58. The van der Waals surface area contributed by atoms with Crippen LogP contribution in [0.15, 0.2) is 24.3 Å². The Morgan fingerprint density at radius 1 is 1.08 bits per heavy atom. The first-order valence-corrected chi connectivity index (χ1v) is 9.14. The van der Waals surface area contributed by atoms with E-state index >= 15 is 0 Å². The van der Waals surface area contributed by atoms with Crippen LogP contribution in [0.5, 0.6) is 5.75 Å². The van der Waals surface area contributed by atoms with E-state index in [4.69, 9.17) is 4.74 Å². The third-order valence-electron chi connectivity index (χ3n) is 5.39. The normalized spacial score (nSPS) is 25.5. The number of anilines is 1. The monoisotopic (exact) mass is 343 g/mol. The summed E-state index contributed by atoms with van der Waals surface area (Å²) in [7, 11) is 1.68. The molecule has 4 rings (SSSR count). The molecule has 6 heteroatoms. The molecule has 0 spiro atoms. The summed E-state index contributed by atoms with van der Waals surface area (Å²) in [6.45, 7) is 2.98. The standard InChI is InChI=1S/C19H25N3O3/c1-25-17-5-3-2-4-16(17)21-8-10-22(11-9-21)19(24)15-12-14(15)18(23)20-13-6-7-13/h2-5,13-15H,6-12H2,1H3,(H,20,23). The minimum absolute atomic E-state index is 0.0773. The Hall–Kier alpha value is -2.24. The van der Waals surface area contributed by atoms with Gasteiger partial charge in [0.05, 0.1) is 24.6 Å². The van der Waals surface area contributed by atoms with Crippen molar-refractivity contribution >= 4 is 17.5 Å². The van der Waals surface area contributed by atoms with Crippen LogP contribution in [0.1, 0.15) is 19.3 Å². The van der Waals surface area contributed by atoms with Crippen LogP contribution >= 0.6 is 0 Å². The number of para-hydroxylation sites is 2. The summed E-state index contributed by atoms with van der Waals surface area (Å²) in [6, 6.07) is 8.34. The summed E-state index contributed by atoms with van der Waals surface area (Å²) in [6.07, 6.45) is 2.88. The topological polar surface area (TPSA) is 61.9 Å². The number of methoxy groups -OCH3 is 1. The summed E-state index contributed by atoms with van der Waals surface area (Å²) in [5.41, 5.74) is 1.07. The van der Waals surface area contributed by atoms with E-state index in [1.54, 1.807) is 7.11 Å². The number of carbonyl (C=O) groups is 2. The molecule has 6 nitrogen and oxygen atoms in total. The van der Waals surface area contributed by atoms with Gasteiger partial charge in [0, 0.05) is 32.2 Å². The average Bonchev–Trinajstić information content (AvgIpc) is 3.55. The lowest BCUT2D eigenvalue weighted by Crippen LogP contribution is -2.49. The zero-order valence-electron chi connectivity index (χ0n) is 14.6. The van der Waals surface area contributed by atoms with Gasteiger partial charge in [0.15, 0.2) is 0 Å². The molecule has 0 radical (unpaired) electrons. The van der Waals surface area contributed by atoms with E-state index in [-0.39, 0.29) is 23.7 Å². The van der Waals surface area contributed by atoms with Crippen LogP contribution in [0.3, 0.4) is 0 Å². The Balaban J connectivity index is 1.30. The maximum atomic E-state index is 12.6. The fourth-order valence-corrected chi connectivity index (χ4v) is 3.59. The van der Waals surface area contributed by atoms with Gasteiger partial charge >= 0.3 is 0 Å². The molecule has 1 aliphatic heterocycles. The van der Waals surface area contributed by atoms with E-state index in [2.05, 4.69) is 16.3 Å². The smallest absolute Gasteiger partial charge is 0.226 e. The number of amides is 2. The summed E-state index contributed by atoms with van der Waals surface area (Å²) in [5.74, 6) is 0.891. The van der Waals surface area contributed by atoms with E-state index in [1.807, 2.05) is 23.1 Å². The summed E-state index contributed by atoms with van der Waals surface area (Å²) < 4.78 is 5.43. The number of rotatable bonds is 5. The lowest BCUT2D eigenvalue weighted by molar-refractivity contribution is -0.135. The van der Waals surface area contributed by atoms with Gasteiger partial charge in [-0.1, -0.05) is 12.1 Å². The molecule has 1 aromatic carbocycles. The Morgan fingerprint density at radius 2 is 1.80 bits per heavy atom. The largest absolute Gasteiger partial charge is 0.495 e. The third-order valence-corrected chi connectivity index (χ3v) is 5.39. The van der Waals surface area contributed by atoms with Gasteiger partial charge in [0.25, 0.3) is 0 Å². The SMILES string of the molecule is COc1ccccc1N1CCN(C(=O)C2CC2C(=O)NC2CC2)CC1. The van der Waals surface area contributed by atoms with Gasteiger partial charge in [-0.15, -0.1) is 0 Å². The van der Waals surface area contributed by atoms with Crippen molar-refractivity contribution in [3.8, 4) is 5.75 Å². The molecule has 134 valence electrons. The van der Waals surface area contributed by atoms with Crippen molar-refractivity contribution in [2.45, 2.75) is 25.3 Å². The fourth-order valence-electron chi connectivity index (χ4n) is 3.59. The lowest BCUT2D eigenvalue weighted by atomic mass is 10.2. The molecule has 2 aliphatic carbocycles. The first kappa shape index (κ1) is 16.2. The molecule has 3 aliphatic rings. The van der Waals surface area contributed by atoms with Gasteiger partial charge in [-0.05, 0) is 31.4 Å². The van der Waals surface area contributed by atoms with Crippen LogP contribution in [0.4, 0.5) is 5.69 Å². The molecule has 1 saturated heterocycles. The summed E-state index contributed by atoms with van der Waals surface area (Å²) in [5, 5.41) is 3.01. The van der Waals surface area contributed by atoms with Gasteiger partial charge < -0.3 is 19.9 Å². The Labute approximate surface area is 148 Å². The maximum Gasteiger partial charge on any atom is 0.226 e. The maximum absolute atomic E-state index is 12.6. The van der Waals surface area contributed by atoms with Crippen LogP contribution in [0.2, 0.25) is 0 Å². The molecule has 0 bridgehead atoms. The Bertz CT molecular complexity index is 666. The highest BCUT2D eigenvalue weighted by atomic mass is 16.5. The highest BCUT2D eigenvalue weighted by Crippen LogP contribution is 2.41. The molecule has 2 unspecified atom stereocenters. The number of benzene rings is 1. The van der Waals surface area contributed by atoms with E-state index < -0.39 is 0 Å². The number of carbonyl (C=O) groups excluding carboxylic acids is 2. The number of ether oxygens (including phenoxy) is 1. The van der Waals surface area contributed by atoms with E-state index in [0.29, 0.717) is 25.6 Å². The van der Waals surface area contributed by atoms with Crippen LogP contribution in [-0.4, -0.2) is 56.0 Å². The number of hydrogen-bond donors (Lipinski definition) is 1. The van der Waals surface area contributed by atoms with Crippen LogP contribution in [0, 0.1) is 11.8 Å².